The van der Waals surface area contributed by atoms with Crippen molar-refractivity contribution in [3.8, 4) is 11.3 Å². The molecule has 0 spiro atoms. The van der Waals surface area contributed by atoms with Crippen LogP contribution in [-0.2, 0) is 4.74 Å². The van der Waals surface area contributed by atoms with Gasteiger partial charge in [0.1, 0.15) is 11.5 Å². The summed E-state index contributed by atoms with van der Waals surface area (Å²) in [5.74, 6) is -0.342. The Labute approximate surface area is 128 Å². The maximum absolute atomic E-state index is 13.3. The number of benzene rings is 1. The second kappa shape index (κ2) is 5.88. The van der Waals surface area contributed by atoms with Gasteiger partial charge in [0.05, 0.1) is 18.4 Å². The van der Waals surface area contributed by atoms with Gasteiger partial charge in [-0.15, -0.1) is 0 Å². The summed E-state index contributed by atoms with van der Waals surface area (Å²) >= 11 is 0. The van der Waals surface area contributed by atoms with Gasteiger partial charge in [-0.2, -0.15) is 5.10 Å². The van der Waals surface area contributed by atoms with Crippen molar-refractivity contribution in [1.29, 1.82) is 0 Å². The number of nitrogens with zero attached hydrogens (tertiary/aromatic N) is 2. The Bertz CT molecular complexity index is 698. The van der Waals surface area contributed by atoms with Gasteiger partial charge >= 0.3 is 0 Å². The number of ether oxygens (including phenoxy) is 1. The molecule has 1 unspecified atom stereocenters. The third-order valence-corrected chi connectivity index (χ3v) is 3.79. The Morgan fingerprint density at radius 1 is 1.45 bits per heavy atom. The normalized spacial score (nSPS) is 18.5. The number of carbonyl (C=O) groups excluding carboxylic acids is 1. The monoisotopic (exact) mass is 303 g/mol. The molecule has 1 aromatic heterocycles. The van der Waals surface area contributed by atoms with Gasteiger partial charge in [-0.1, -0.05) is 0 Å². The second-order valence-electron chi connectivity index (χ2n) is 5.56. The molecule has 1 saturated heterocycles. The van der Waals surface area contributed by atoms with Crippen LogP contribution < -0.4 is 0 Å². The molecular formula is C16H18FN3O2. The van der Waals surface area contributed by atoms with Crippen LogP contribution in [0.2, 0.25) is 0 Å². The van der Waals surface area contributed by atoms with Crippen LogP contribution in [-0.4, -0.2) is 46.8 Å². The van der Waals surface area contributed by atoms with Gasteiger partial charge in [-0.3, -0.25) is 9.89 Å². The molecule has 1 amide bonds. The lowest BCUT2D eigenvalue weighted by Crippen LogP contribution is -2.44. The molecule has 22 heavy (non-hydrogen) atoms. The van der Waals surface area contributed by atoms with E-state index < -0.39 is 0 Å². The van der Waals surface area contributed by atoms with Crippen LogP contribution in [0.25, 0.3) is 11.3 Å². The van der Waals surface area contributed by atoms with Crippen LogP contribution in [0.5, 0.6) is 0 Å². The molecular weight excluding hydrogens is 285 g/mol. The average Bonchev–Trinajstić information content (AvgIpc) is 2.99. The number of aromatic amines is 1. The Morgan fingerprint density at radius 2 is 2.27 bits per heavy atom. The largest absolute Gasteiger partial charge is 0.375 e. The van der Waals surface area contributed by atoms with E-state index in [1.165, 1.54) is 6.07 Å². The van der Waals surface area contributed by atoms with Gasteiger partial charge in [0.2, 0.25) is 0 Å². The lowest BCUT2D eigenvalue weighted by molar-refractivity contribution is -0.0126. The molecule has 2 heterocycles. The Kier molecular flexibility index (Phi) is 3.94. The number of hydrogen-bond donors (Lipinski definition) is 1. The molecule has 1 aromatic carbocycles. The minimum Gasteiger partial charge on any atom is -0.375 e. The molecule has 0 aliphatic carbocycles. The number of rotatable bonds is 2. The first-order valence-electron chi connectivity index (χ1n) is 7.27. The third kappa shape index (κ3) is 2.87. The maximum atomic E-state index is 13.3. The van der Waals surface area contributed by atoms with Crippen molar-refractivity contribution in [2.24, 2.45) is 0 Å². The first kappa shape index (κ1) is 14.7. The number of halogens is 1. The van der Waals surface area contributed by atoms with Crippen LogP contribution >= 0.6 is 0 Å². The van der Waals surface area contributed by atoms with Crippen molar-refractivity contribution < 1.29 is 13.9 Å². The molecule has 0 saturated carbocycles. The van der Waals surface area contributed by atoms with E-state index in [0.717, 1.165) is 5.56 Å². The summed E-state index contributed by atoms with van der Waals surface area (Å²) in [6, 6.07) is 6.49. The number of H-pyrrole nitrogens is 1. The lowest BCUT2D eigenvalue weighted by atomic mass is 10.1. The zero-order valence-corrected chi connectivity index (χ0v) is 12.6. The zero-order chi connectivity index (χ0) is 15.7. The van der Waals surface area contributed by atoms with E-state index in [9.17, 15) is 9.18 Å². The Hall–Kier alpha value is -2.21. The van der Waals surface area contributed by atoms with Gasteiger partial charge in [-0.25, -0.2) is 4.39 Å². The van der Waals surface area contributed by atoms with Gasteiger partial charge in [0.15, 0.2) is 0 Å². The number of nitrogens with one attached hydrogen (secondary N) is 1. The maximum Gasteiger partial charge on any atom is 0.272 e. The van der Waals surface area contributed by atoms with Crippen LogP contribution in [0.4, 0.5) is 4.39 Å². The number of aromatic nitrogens is 2. The highest BCUT2D eigenvalue weighted by Gasteiger charge is 2.24. The number of hydrogen-bond acceptors (Lipinski definition) is 3. The molecule has 1 atom stereocenters. The predicted molar refractivity (Wildman–Crippen MR) is 80.0 cm³/mol. The molecule has 3 rings (SSSR count). The first-order valence-corrected chi connectivity index (χ1v) is 7.27. The minimum atomic E-state index is -0.252. The fraction of sp³-hybridized carbons (Fsp3) is 0.375. The van der Waals surface area contributed by atoms with Gasteiger partial charge < -0.3 is 9.64 Å². The quantitative estimate of drug-likeness (QED) is 0.926. The van der Waals surface area contributed by atoms with Crippen molar-refractivity contribution in [3.05, 3.63) is 41.3 Å². The van der Waals surface area contributed by atoms with E-state index in [1.54, 1.807) is 30.0 Å². The summed E-state index contributed by atoms with van der Waals surface area (Å²) in [5.41, 5.74) is 2.40. The van der Waals surface area contributed by atoms with Crippen molar-refractivity contribution in [1.82, 2.24) is 15.1 Å². The number of carbonyl (C=O) groups is 1. The standard InChI is InChI=1S/C16H18FN3O2/c1-10-7-12(3-4-13(10)17)14-8-15(19-18-14)16(21)20-5-6-22-11(2)9-20/h3-4,7-8,11H,5-6,9H2,1-2H3,(H,18,19). The van der Waals surface area contributed by atoms with Crippen molar-refractivity contribution in [2.45, 2.75) is 20.0 Å². The highest BCUT2D eigenvalue weighted by atomic mass is 19.1. The summed E-state index contributed by atoms with van der Waals surface area (Å²) in [7, 11) is 0. The van der Waals surface area contributed by atoms with Crippen LogP contribution in [0.3, 0.4) is 0 Å². The van der Waals surface area contributed by atoms with E-state index in [4.69, 9.17) is 4.74 Å². The highest BCUT2D eigenvalue weighted by Crippen LogP contribution is 2.21. The minimum absolute atomic E-state index is 0.0415. The number of aryl methyl sites for hydroxylation is 1. The summed E-state index contributed by atoms with van der Waals surface area (Å²) in [4.78, 5) is 14.2. The molecule has 5 nitrogen and oxygen atoms in total. The first-order chi connectivity index (χ1) is 10.5. The van der Waals surface area contributed by atoms with E-state index >= 15 is 0 Å². The Balaban J connectivity index is 1.81. The molecule has 2 aromatic rings. The average molecular weight is 303 g/mol. The number of morpholine rings is 1. The number of amides is 1. The topological polar surface area (TPSA) is 58.2 Å². The summed E-state index contributed by atoms with van der Waals surface area (Å²) in [6.45, 7) is 5.34. The van der Waals surface area contributed by atoms with Crippen molar-refractivity contribution >= 4 is 5.91 Å². The van der Waals surface area contributed by atoms with Crippen LogP contribution in [0, 0.1) is 12.7 Å². The smallest absolute Gasteiger partial charge is 0.272 e. The lowest BCUT2D eigenvalue weighted by Gasteiger charge is -2.30. The molecule has 1 fully saturated rings. The molecule has 1 N–H and O–H groups in total. The molecule has 1 aliphatic rings. The predicted octanol–water partition coefficient (Wildman–Crippen LogP) is 2.39. The summed E-state index contributed by atoms with van der Waals surface area (Å²) in [6.07, 6.45) is 0.0415. The Morgan fingerprint density at radius 3 is 3.00 bits per heavy atom. The molecule has 1 aliphatic heterocycles. The third-order valence-electron chi connectivity index (χ3n) is 3.79. The molecule has 0 radical (unpaired) electrons. The van der Waals surface area contributed by atoms with Gasteiger partial charge in [0.25, 0.3) is 5.91 Å². The van der Waals surface area contributed by atoms with E-state index in [1.807, 2.05) is 6.92 Å². The van der Waals surface area contributed by atoms with Gasteiger partial charge in [0, 0.05) is 18.7 Å². The van der Waals surface area contributed by atoms with Crippen LogP contribution in [0.15, 0.2) is 24.3 Å². The van der Waals surface area contributed by atoms with E-state index in [-0.39, 0.29) is 17.8 Å². The van der Waals surface area contributed by atoms with Crippen LogP contribution in [0.1, 0.15) is 23.0 Å². The second-order valence-corrected chi connectivity index (χ2v) is 5.56. The summed E-state index contributed by atoms with van der Waals surface area (Å²) in [5, 5.41) is 6.94. The zero-order valence-electron chi connectivity index (χ0n) is 12.6. The van der Waals surface area contributed by atoms with E-state index in [2.05, 4.69) is 10.2 Å². The molecule has 0 bridgehead atoms. The van der Waals surface area contributed by atoms with Gasteiger partial charge in [-0.05, 0) is 43.7 Å². The van der Waals surface area contributed by atoms with E-state index in [0.29, 0.717) is 36.6 Å². The molecule has 6 heteroatoms. The SMILES string of the molecule is Cc1cc(-c2cc(C(=O)N3CCOC(C)C3)[nH]n2)ccc1F. The summed E-state index contributed by atoms with van der Waals surface area (Å²) < 4.78 is 18.8. The van der Waals surface area contributed by atoms with Crippen molar-refractivity contribution in [3.63, 3.8) is 0 Å². The molecule has 116 valence electrons. The highest BCUT2D eigenvalue weighted by molar-refractivity contribution is 5.93. The fourth-order valence-corrected chi connectivity index (χ4v) is 2.56. The van der Waals surface area contributed by atoms with Crippen molar-refractivity contribution in [2.75, 3.05) is 19.7 Å². The fourth-order valence-electron chi connectivity index (χ4n) is 2.56.